The van der Waals surface area contributed by atoms with Crippen molar-refractivity contribution in [3.63, 3.8) is 0 Å². The second kappa shape index (κ2) is 6.74. The Labute approximate surface area is 120 Å². The average molecular weight is 279 g/mol. The van der Waals surface area contributed by atoms with E-state index in [1.807, 2.05) is 6.92 Å². The summed E-state index contributed by atoms with van der Waals surface area (Å²) in [5.41, 5.74) is 7.49. The van der Waals surface area contributed by atoms with Crippen LogP contribution >= 0.6 is 0 Å². The van der Waals surface area contributed by atoms with E-state index in [-0.39, 0.29) is 5.91 Å². The lowest BCUT2D eigenvalue weighted by Crippen LogP contribution is -2.34. The van der Waals surface area contributed by atoms with Gasteiger partial charge in [0.25, 0.3) is 5.91 Å². The minimum absolute atomic E-state index is 0.188. The first-order valence-corrected chi connectivity index (χ1v) is 7.45. The number of nitrogens with two attached hydrogens (primary N) is 1. The lowest BCUT2D eigenvalue weighted by atomic mass is 10.1. The summed E-state index contributed by atoms with van der Waals surface area (Å²) in [5, 5.41) is 9.73. The van der Waals surface area contributed by atoms with Crippen molar-refractivity contribution in [3.8, 4) is 0 Å². The standard InChI is InChI=1S/C14H25N5O/c1-3-11-12(15)13(18-17-11)14(20)16-8-10(2)9-19-6-4-5-7-19/h10H,3-9,15H2,1-2H3,(H,16,20)(H,17,18). The van der Waals surface area contributed by atoms with Crippen molar-refractivity contribution in [2.24, 2.45) is 5.92 Å². The van der Waals surface area contributed by atoms with Gasteiger partial charge in [0.2, 0.25) is 0 Å². The summed E-state index contributed by atoms with van der Waals surface area (Å²) in [5.74, 6) is 0.245. The highest BCUT2D eigenvalue weighted by atomic mass is 16.1. The molecule has 1 amide bonds. The number of carbonyl (C=O) groups excluding carboxylic acids is 1. The summed E-state index contributed by atoms with van der Waals surface area (Å²) in [6, 6.07) is 0. The van der Waals surface area contributed by atoms with Crippen molar-refractivity contribution in [2.45, 2.75) is 33.1 Å². The third kappa shape index (κ3) is 3.50. The van der Waals surface area contributed by atoms with Crippen LogP contribution in [0.1, 0.15) is 42.9 Å². The number of amides is 1. The first-order chi connectivity index (χ1) is 9.61. The maximum atomic E-state index is 12.0. The topological polar surface area (TPSA) is 87.0 Å². The van der Waals surface area contributed by atoms with Gasteiger partial charge in [-0.05, 0) is 38.3 Å². The highest BCUT2D eigenvalue weighted by Gasteiger charge is 2.18. The van der Waals surface area contributed by atoms with Gasteiger partial charge in [-0.1, -0.05) is 13.8 Å². The van der Waals surface area contributed by atoms with Crippen LogP contribution in [0.25, 0.3) is 0 Å². The largest absolute Gasteiger partial charge is 0.395 e. The molecule has 1 aromatic heterocycles. The molecule has 112 valence electrons. The van der Waals surface area contributed by atoms with Gasteiger partial charge in [0.1, 0.15) is 0 Å². The van der Waals surface area contributed by atoms with Gasteiger partial charge in [-0.3, -0.25) is 9.89 Å². The van der Waals surface area contributed by atoms with Gasteiger partial charge in [0.05, 0.1) is 11.4 Å². The van der Waals surface area contributed by atoms with Crippen LogP contribution in [0.5, 0.6) is 0 Å². The number of aryl methyl sites for hydroxylation is 1. The maximum absolute atomic E-state index is 12.0. The highest BCUT2D eigenvalue weighted by Crippen LogP contribution is 2.14. The van der Waals surface area contributed by atoms with Gasteiger partial charge in [0.15, 0.2) is 5.69 Å². The van der Waals surface area contributed by atoms with Crippen molar-refractivity contribution in [3.05, 3.63) is 11.4 Å². The fourth-order valence-corrected chi connectivity index (χ4v) is 2.65. The number of hydrogen-bond acceptors (Lipinski definition) is 4. The predicted molar refractivity (Wildman–Crippen MR) is 79.5 cm³/mol. The summed E-state index contributed by atoms with van der Waals surface area (Å²) in [6.07, 6.45) is 3.34. The van der Waals surface area contributed by atoms with E-state index in [2.05, 4.69) is 27.3 Å². The Bertz CT molecular complexity index is 450. The molecule has 1 atom stereocenters. The van der Waals surface area contributed by atoms with E-state index in [0.717, 1.165) is 18.7 Å². The summed E-state index contributed by atoms with van der Waals surface area (Å²) >= 11 is 0. The predicted octanol–water partition coefficient (Wildman–Crippen LogP) is 1.02. The summed E-state index contributed by atoms with van der Waals surface area (Å²) in [6.45, 7) is 8.20. The molecule has 2 rings (SSSR count). The Morgan fingerprint density at radius 2 is 2.20 bits per heavy atom. The molecular formula is C14H25N5O. The Morgan fingerprint density at radius 1 is 1.50 bits per heavy atom. The summed E-state index contributed by atoms with van der Waals surface area (Å²) < 4.78 is 0. The molecule has 4 N–H and O–H groups in total. The molecular weight excluding hydrogens is 254 g/mol. The van der Waals surface area contributed by atoms with Crippen molar-refractivity contribution in [1.82, 2.24) is 20.4 Å². The Kier molecular flexibility index (Phi) is 5.00. The van der Waals surface area contributed by atoms with E-state index in [4.69, 9.17) is 5.73 Å². The van der Waals surface area contributed by atoms with Crippen molar-refractivity contribution >= 4 is 11.6 Å². The molecule has 6 heteroatoms. The number of hydrogen-bond donors (Lipinski definition) is 3. The number of H-pyrrole nitrogens is 1. The third-order valence-electron chi connectivity index (χ3n) is 3.83. The molecule has 1 fully saturated rings. The van der Waals surface area contributed by atoms with E-state index >= 15 is 0 Å². The molecule has 1 aliphatic rings. The molecule has 2 heterocycles. The van der Waals surface area contributed by atoms with E-state index in [1.165, 1.54) is 25.9 Å². The zero-order chi connectivity index (χ0) is 14.5. The minimum Gasteiger partial charge on any atom is -0.395 e. The van der Waals surface area contributed by atoms with Crippen molar-refractivity contribution in [1.29, 1.82) is 0 Å². The molecule has 0 spiro atoms. The summed E-state index contributed by atoms with van der Waals surface area (Å²) in [7, 11) is 0. The Balaban J connectivity index is 1.80. The first kappa shape index (κ1) is 14.8. The normalized spacial score (nSPS) is 17.3. The number of nitrogens with one attached hydrogen (secondary N) is 2. The molecule has 1 unspecified atom stereocenters. The van der Waals surface area contributed by atoms with Gasteiger partial charge in [0, 0.05) is 13.1 Å². The van der Waals surface area contributed by atoms with Gasteiger partial charge < -0.3 is 16.0 Å². The quantitative estimate of drug-likeness (QED) is 0.725. The zero-order valence-electron chi connectivity index (χ0n) is 12.4. The maximum Gasteiger partial charge on any atom is 0.273 e. The van der Waals surface area contributed by atoms with E-state index in [0.29, 0.717) is 23.8 Å². The van der Waals surface area contributed by atoms with Gasteiger partial charge in [-0.2, -0.15) is 5.10 Å². The zero-order valence-corrected chi connectivity index (χ0v) is 12.4. The van der Waals surface area contributed by atoms with Crippen LogP contribution in [0.2, 0.25) is 0 Å². The fourth-order valence-electron chi connectivity index (χ4n) is 2.65. The van der Waals surface area contributed by atoms with Crippen molar-refractivity contribution in [2.75, 3.05) is 31.9 Å². The SMILES string of the molecule is CCc1[nH]nc(C(=O)NCC(C)CN2CCCC2)c1N. The molecule has 1 saturated heterocycles. The molecule has 20 heavy (non-hydrogen) atoms. The van der Waals surface area contributed by atoms with Crippen LogP contribution in [0.3, 0.4) is 0 Å². The van der Waals surface area contributed by atoms with E-state index < -0.39 is 0 Å². The number of rotatable bonds is 6. The average Bonchev–Trinajstić information content (AvgIpc) is 3.05. The Hall–Kier alpha value is -1.56. The van der Waals surface area contributed by atoms with E-state index in [9.17, 15) is 4.79 Å². The number of anilines is 1. The second-order valence-electron chi connectivity index (χ2n) is 5.64. The number of nitrogens with zero attached hydrogens (tertiary/aromatic N) is 2. The van der Waals surface area contributed by atoms with Crippen LogP contribution in [0, 0.1) is 5.92 Å². The monoisotopic (exact) mass is 279 g/mol. The summed E-state index contributed by atoms with van der Waals surface area (Å²) in [4.78, 5) is 14.5. The lowest BCUT2D eigenvalue weighted by molar-refractivity contribution is 0.0941. The number of likely N-dealkylation sites (tertiary alicyclic amines) is 1. The van der Waals surface area contributed by atoms with Crippen LogP contribution in [0.15, 0.2) is 0 Å². The Morgan fingerprint density at radius 3 is 2.80 bits per heavy atom. The molecule has 1 aromatic rings. The smallest absolute Gasteiger partial charge is 0.273 e. The molecule has 1 aliphatic heterocycles. The second-order valence-corrected chi connectivity index (χ2v) is 5.64. The molecule has 0 aromatic carbocycles. The molecule has 6 nitrogen and oxygen atoms in total. The molecule has 0 bridgehead atoms. The third-order valence-corrected chi connectivity index (χ3v) is 3.83. The number of aromatic nitrogens is 2. The van der Waals surface area contributed by atoms with Gasteiger partial charge >= 0.3 is 0 Å². The van der Waals surface area contributed by atoms with Gasteiger partial charge in [-0.15, -0.1) is 0 Å². The fraction of sp³-hybridized carbons (Fsp3) is 0.714. The highest BCUT2D eigenvalue weighted by molar-refractivity contribution is 5.97. The van der Waals surface area contributed by atoms with Crippen LogP contribution in [-0.2, 0) is 6.42 Å². The number of nitrogen functional groups attached to an aromatic ring is 1. The van der Waals surface area contributed by atoms with Gasteiger partial charge in [-0.25, -0.2) is 0 Å². The van der Waals surface area contributed by atoms with Crippen LogP contribution in [0.4, 0.5) is 5.69 Å². The number of carbonyl (C=O) groups is 1. The number of aromatic amines is 1. The minimum atomic E-state index is -0.188. The van der Waals surface area contributed by atoms with Crippen LogP contribution in [-0.4, -0.2) is 47.2 Å². The lowest BCUT2D eigenvalue weighted by Gasteiger charge is -2.20. The molecule has 0 radical (unpaired) electrons. The van der Waals surface area contributed by atoms with Crippen LogP contribution < -0.4 is 11.1 Å². The van der Waals surface area contributed by atoms with E-state index in [1.54, 1.807) is 0 Å². The van der Waals surface area contributed by atoms with Crippen molar-refractivity contribution < 1.29 is 4.79 Å². The molecule has 0 saturated carbocycles. The first-order valence-electron chi connectivity index (χ1n) is 7.45. The molecule has 0 aliphatic carbocycles.